The zero-order valence-electron chi connectivity index (χ0n) is 11.4. The number of aliphatic imine (C=N–C) groups is 1. The molecular weight excluding hydrogens is 278 g/mol. The molecule has 21 heavy (non-hydrogen) atoms. The summed E-state index contributed by atoms with van der Waals surface area (Å²) in [5.74, 6) is 0. The van der Waals surface area contributed by atoms with Crippen molar-refractivity contribution < 1.29 is 0 Å². The third kappa shape index (κ3) is 1.98. The number of hydrogen-bond acceptors (Lipinski definition) is 3. The first-order valence-corrected chi connectivity index (χ1v) is 7.83. The summed E-state index contributed by atoms with van der Waals surface area (Å²) in [5, 5.41) is 11.4. The number of H-pyrrole nitrogens is 1. The Bertz CT molecular complexity index is 893. The van der Waals surface area contributed by atoms with E-state index in [1.54, 1.807) is 11.3 Å². The van der Waals surface area contributed by atoms with Gasteiger partial charge in [-0.3, -0.25) is 0 Å². The van der Waals surface area contributed by atoms with Crippen molar-refractivity contribution in [1.82, 2.24) is 4.98 Å². The zero-order chi connectivity index (χ0) is 14.2. The van der Waals surface area contributed by atoms with E-state index in [0.717, 1.165) is 39.9 Å². The molecule has 102 valence electrons. The fraction of sp³-hybridized carbons (Fsp3) is 0.176. The van der Waals surface area contributed by atoms with Crippen LogP contribution in [-0.2, 0) is 12.8 Å². The molecule has 0 amide bonds. The average Bonchev–Trinajstić information content (AvgIpc) is 3.18. The van der Waals surface area contributed by atoms with Crippen LogP contribution in [0, 0.1) is 11.3 Å². The summed E-state index contributed by atoms with van der Waals surface area (Å²) >= 11 is 1.67. The van der Waals surface area contributed by atoms with Gasteiger partial charge in [0.05, 0.1) is 5.56 Å². The molecule has 4 heteroatoms. The van der Waals surface area contributed by atoms with Crippen LogP contribution in [0.4, 0.5) is 5.00 Å². The van der Waals surface area contributed by atoms with Crippen molar-refractivity contribution in [3.63, 3.8) is 0 Å². The maximum atomic E-state index is 9.38. The standard InChI is InChI=1S/C17H13N3S/c18-8-14-13-5-3-7-16(13)21-17(14)20-10-11-9-19-15-6-2-1-4-12(11)15/h1-2,4,6,9-10,19H,3,5,7H2. The van der Waals surface area contributed by atoms with Gasteiger partial charge in [-0.2, -0.15) is 5.26 Å². The topological polar surface area (TPSA) is 51.9 Å². The first-order chi connectivity index (χ1) is 10.4. The molecule has 2 heterocycles. The molecule has 0 bridgehead atoms. The van der Waals surface area contributed by atoms with E-state index < -0.39 is 0 Å². The minimum Gasteiger partial charge on any atom is -0.361 e. The fourth-order valence-corrected chi connectivity index (χ4v) is 4.11. The van der Waals surface area contributed by atoms with E-state index in [9.17, 15) is 5.26 Å². The lowest BCUT2D eigenvalue weighted by Crippen LogP contribution is -1.81. The maximum Gasteiger partial charge on any atom is 0.134 e. The van der Waals surface area contributed by atoms with E-state index in [-0.39, 0.29) is 0 Å². The lowest BCUT2D eigenvalue weighted by molar-refractivity contribution is 0.913. The van der Waals surface area contributed by atoms with Crippen LogP contribution in [0.3, 0.4) is 0 Å². The molecule has 1 N–H and O–H groups in total. The van der Waals surface area contributed by atoms with Gasteiger partial charge in [-0.25, -0.2) is 4.99 Å². The number of nitrogens with zero attached hydrogens (tertiary/aromatic N) is 2. The van der Waals surface area contributed by atoms with Crippen molar-refractivity contribution >= 4 is 33.5 Å². The number of thiophene rings is 1. The van der Waals surface area contributed by atoms with Gasteiger partial charge in [0, 0.05) is 33.8 Å². The number of aromatic amines is 1. The Kier molecular flexibility index (Phi) is 2.87. The quantitative estimate of drug-likeness (QED) is 0.701. The van der Waals surface area contributed by atoms with Crippen LogP contribution >= 0.6 is 11.3 Å². The van der Waals surface area contributed by atoms with Crippen molar-refractivity contribution in [2.24, 2.45) is 4.99 Å². The molecule has 0 spiro atoms. The van der Waals surface area contributed by atoms with Crippen molar-refractivity contribution in [2.45, 2.75) is 19.3 Å². The predicted octanol–water partition coefficient (Wildman–Crippen LogP) is 4.34. The Morgan fingerprint density at radius 3 is 3.10 bits per heavy atom. The number of benzene rings is 1. The molecule has 0 radical (unpaired) electrons. The smallest absolute Gasteiger partial charge is 0.134 e. The van der Waals surface area contributed by atoms with E-state index in [4.69, 9.17) is 0 Å². The van der Waals surface area contributed by atoms with Crippen LogP contribution in [-0.4, -0.2) is 11.2 Å². The van der Waals surface area contributed by atoms with Crippen molar-refractivity contribution in [3.05, 3.63) is 52.0 Å². The van der Waals surface area contributed by atoms with Gasteiger partial charge in [-0.1, -0.05) is 18.2 Å². The molecule has 1 aliphatic rings. The summed E-state index contributed by atoms with van der Waals surface area (Å²) in [6.45, 7) is 0. The summed E-state index contributed by atoms with van der Waals surface area (Å²) in [7, 11) is 0. The van der Waals surface area contributed by atoms with Crippen molar-refractivity contribution in [3.8, 4) is 6.07 Å². The number of rotatable bonds is 2. The van der Waals surface area contributed by atoms with Gasteiger partial charge < -0.3 is 4.98 Å². The van der Waals surface area contributed by atoms with Crippen molar-refractivity contribution in [2.75, 3.05) is 0 Å². The summed E-state index contributed by atoms with van der Waals surface area (Å²) in [5.41, 5.74) is 4.17. The normalized spacial score (nSPS) is 13.9. The Morgan fingerprint density at radius 2 is 2.19 bits per heavy atom. The molecule has 0 aliphatic heterocycles. The minimum atomic E-state index is 0.781. The number of fused-ring (bicyclic) bond motifs is 2. The van der Waals surface area contributed by atoms with Gasteiger partial charge in [0.15, 0.2) is 0 Å². The number of nitrogens with one attached hydrogen (secondary N) is 1. The van der Waals surface area contributed by atoms with E-state index in [2.05, 4.69) is 22.1 Å². The van der Waals surface area contributed by atoms with Crippen LogP contribution in [0.1, 0.15) is 28.0 Å². The average molecular weight is 291 g/mol. The molecule has 3 aromatic rings. The lowest BCUT2D eigenvalue weighted by Gasteiger charge is -1.93. The third-order valence-electron chi connectivity index (χ3n) is 3.96. The molecule has 0 fully saturated rings. The predicted molar refractivity (Wildman–Crippen MR) is 86.6 cm³/mol. The zero-order valence-corrected chi connectivity index (χ0v) is 12.2. The second-order valence-corrected chi connectivity index (χ2v) is 6.28. The monoisotopic (exact) mass is 291 g/mol. The Balaban J connectivity index is 1.75. The van der Waals surface area contributed by atoms with Crippen LogP contribution in [0.25, 0.3) is 10.9 Å². The number of aryl methyl sites for hydroxylation is 1. The Morgan fingerprint density at radius 1 is 1.29 bits per heavy atom. The van der Waals surface area contributed by atoms with Crippen LogP contribution in [0.5, 0.6) is 0 Å². The van der Waals surface area contributed by atoms with E-state index in [1.165, 1.54) is 16.9 Å². The number of para-hydroxylation sites is 1. The molecule has 0 atom stereocenters. The Labute approximate surface area is 126 Å². The second-order valence-electron chi connectivity index (χ2n) is 5.20. The van der Waals surface area contributed by atoms with Crippen LogP contribution in [0.15, 0.2) is 35.5 Å². The molecule has 1 aromatic carbocycles. The summed E-state index contributed by atoms with van der Waals surface area (Å²) in [4.78, 5) is 9.17. The molecule has 0 unspecified atom stereocenters. The van der Waals surface area contributed by atoms with Crippen LogP contribution in [0.2, 0.25) is 0 Å². The first-order valence-electron chi connectivity index (χ1n) is 7.01. The van der Waals surface area contributed by atoms with Gasteiger partial charge in [-0.15, -0.1) is 11.3 Å². The van der Waals surface area contributed by atoms with Crippen molar-refractivity contribution in [1.29, 1.82) is 5.26 Å². The highest BCUT2D eigenvalue weighted by molar-refractivity contribution is 7.16. The van der Waals surface area contributed by atoms with E-state index in [0.29, 0.717) is 0 Å². The molecule has 1 aliphatic carbocycles. The second kappa shape index (κ2) is 4.87. The Hall–Kier alpha value is -2.38. The summed E-state index contributed by atoms with van der Waals surface area (Å²) < 4.78 is 0. The van der Waals surface area contributed by atoms with E-state index in [1.807, 2.05) is 30.6 Å². The van der Waals surface area contributed by atoms with Gasteiger partial charge in [0.2, 0.25) is 0 Å². The molecule has 0 saturated carbocycles. The highest BCUT2D eigenvalue weighted by Crippen LogP contribution is 2.40. The van der Waals surface area contributed by atoms with E-state index >= 15 is 0 Å². The molecule has 2 aromatic heterocycles. The van der Waals surface area contributed by atoms with Gasteiger partial charge in [-0.05, 0) is 30.9 Å². The lowest BCUT2D eigenvalue weighted by atomic mass is 10.1. The third-order valence-corrected chi connectivity index (χ3v) is 5.16. The van der Waals surface area contributed by atoms with Gasteiger partial charge in [0.1, 0.15) is 11.1 Å². The van der Waals surface area contributed by atoms with Crippen LogP contribution < -0.4 is 0 Å². The number of hydrogen-bond donors (Lipinski definition) is 1. The molecular formula is C17H13N3S. The number of nitriles is 1. The summed E-state index contributed by atoms with van der Waals surface area (Å²) in [6, 6.07) is 10.5. The first kappa shape index (κ1) is 12.4. The maximum absolute atomic E-state index is 9.38. The molecule has 0 saturated heterocycles. The highest BCUT2D eigenvalue weighted by atomic mass is 32.1. The number of aromatic nitrogens is 1. The molecule has 3 nitrogen and oxygen atoms in total. The van der Waals surface area contributed by atoms with Gasteiger partial charge >= 0.3 is 0 Å². The molecule has 4 rings (SSSR count). The van der Waals surface area contributed by atoms with Gasteiger partial charge in [0.25, 0.3) is 0 Å². The summed E-state index contributed by atoms with van der Waals surface area (Å²) in [6.07, 6.45) is 7.11. The SMILES string of the molecule is N#Cc1c(N=Cc2c[nH]c3ccccc23)sc2c1CCC2. The minimum absolute atomic E-state index is 0.781. The fourth-order valence-electron chi connectivity index (χ4n) is 2.93. The largest absolute Gasteiger partial charge is 0.361 e. The highest BCUT2D eigenvalue weighted by Gasteiger charge is 2.21.